The fraction of sp³-hybridized carbons (Fsp3) is 0.703. The van der Waals surface area contributed by atoms with Crippen LogP contribution in [0.2, 0.25) is 0 Å². The Labute approximate surface area is 432 Å². The fourth-order valence-electron chi connectivity index (χ4n) is 7.97. The molecule has 6 nitrogen and oxygen atoms in total. The van der Waals surface area contributed by atoms with E-state index in [1.54, 1.807) is 0 Å². The molecule has 0 aromatic heterocycles. The minimum Gasteiger partial charge on any atom is -0.462 e. The molecule has 0 N–H and O–H groups in total. The Hall–Kier alpha value is -3.67. The maximum absolute atomic E-state index is 12.9. The summed E-state index contributed by atoms with van der Waals surface area (Å²) in [6.07, 6.45) is 76.9. The Morgan fingerprint density at radius 1 is 0.300 bits per heavy atom. The molecule has 0 aliphatic carbocycles. The topological polar surface area (TPSA) is 78.9 Å². The van der Waals surface area contributed by atoms with Crippen molar-refractivity contribution in [3.8, 4) is 0 Å². The summed E-state index contributed by atoms with van der Waals surface area (Å²) in [6.45, 7) is 6.39. The molecule has 0 aromatic rings. The van der Waals surface area contributed by atoms with Crippen molar-refractivity contribution in [2.45, 2.75) is 277 Å². The molecule has 1 atom stereocenters. The van der Waals surface area contributed by atoms with Gasteiger partial charge < -0.3 is 14.2 Å². The third kappa shape index (κ3) is 55.3. The zero-order chi connectivity index (χ0) is 50.7. The van der Waals surface area contributed by atoms with Gasteiger partial charge in [0.2, 0.25) is 0 Å². The van der Waals surface area contributed by atoms with Gasteiger partial charge in [-0.2, -0.15) is 0 Å². The van der Waals surface area contributed by atoms with Gasteiger partial charge in [0.05, 0.1) is 0 Å². The molecular formula is C64H108O6. The average molecular weight is 974 g/mol. The highest BCUT2D eigenvalue weighted by Gasteiger charge is 2.19. The highest BCUT2D eigenvalue weighted by atomic mass is 16.6. The van der Waals surface area contributed by atoms with E-state index in [4.69, 9.17) is 14.2 Å². The molecule has 0 amide bonds. The SMILES string of the molecule is CC/C=C\C/C=C\C/C=C\C/C=C\CCCCCCCCCCC(=O)OCC(COC(=O)CCCCC/C=C\C/C=C\C/C=C\CC)OC(=O)CCCCCCCCC/C=C\CCCCCCCCC. The first-order valence-electron chi connectivity index (χ1n) is 29.2. The molecule has 0 aliphatic heterocycles. The van der Waals surface area contributed by atoms with Crippen LogP contribution in [0.3, 0.4) is 0 Å². The lowest BCUT2D eigenvalue weighted by Gasteiger charge is -2.18. The zero-order valence-corrected chi connectivity index (χ0v) is 45.8. The molecule has 0 heterocycles. The van der Waals surface area contributed by atoms with Crippen LogP contribution in [0.5, 0.6) is 0 Å². The van der Waals surface area contributed by atoms with E-state index in [0.29, 0.717) is 19.3 Å². The van der Waals surface area contributed by atoms with E-state index in [-0.39, 0.29) is 31.1 Å². The van der Waals surface area contributed by atoms with Crippen molar-refractivity contribution in [2.75, 3.05) is 13.2 Å². The molecule has 0 bridgehead atoms. The van der Waals surface area contributed by atoms with Gasteiger partial charge in [0, 0.05) is 19.3 Å². The second kappa shape index (κ2) is 57.9. The normalized spacial score (nSPS) is 12.8. The third-order valence-electron chi connectivity index (χ3n) is 12.3. The van der Waals surface area contributed by atoms with Crippen molar-refractivity contribution in [1.82, 2.24) is 0 Å². The molecule has 0 spiro atoms. The van der Waals surface area contributed by atoms with Crippen molar-refractivity contribution >= 4 is 17.9 Å². The molecule has 0 saturated carbocycles. The second-order valence-corrected chi connectivity index (χ2v) is 19.1. The Bertz CT molecular complexity index is 1400. The minimum atomic E-state index is -0.797. The van der Waals surface area contributed by atoms with Crippen LogP contribution < -0.4 is 0 Å². The Morgan fingerprint density at radius 2 is 0.557 bits per heavy atom. The van der Waals surface area contributed by atoms with Crippen LogP contribution in [-0.4, -0.2) is 37.2 Å². The van der Waals surface area contributed by atoms with Gasteiger partial charge in [-0.25, -0.2) is 0 Å². The van der Waals surface area contributed by atoms with Crippen LogP contribution in [0.1, 0.15) is 271 Å². The summed E-state index contributed by atoms with van der Waals surface area (Å²) in [7, 11) is 0. The molecule has 70 heavy (non-hydrogen) atoms. The number of rotatable bonds is 52. The first kappa shape index (κ1) is 66.3. The number of carbonyl (C=O) groups is 3. The molecule has 0 saturated heterocycles. The number of hydrogen-bond donors (Lipinski definition) is 0. The first-order chi connectivity index (χ1) is 34.5. The number of hydrogen-bond acceptors (Lipinski definition) is 6. The lowest BCUT2D eigenvalue weighted by Crippen LogP contribution is -2.30. The minimum absolute atomic E-state index is 0.0932. The Balaban J connectivity index is 4.40. The van der Waals surface area contributed by atoms with Gasteiger partial charge in [-0.15, -0.1) is 0 Å². The maximum Gasteiger partial charge on any atom is 0.306 e. The summed E-state index contributed by atoms with van der Waals surface area (Å²) in [4.78, 5) is 38.2. The smallest absolute Gasteiger partial charge is 0.306 e. The summed E-state index contributed by atoms with van der Waals surface area (Å²) >= 11 is 0. The predicted octanol–water partition coefficient (Wildman–Crippen LogP) is 19.7. The number of unbranched alkanes of at least 4 members (excludes halogenated alkanes) is 25. The van der Waals surface area contributed by atoms with Crippen LogP contribution >= 0.6 is 0 Å². The van der Waals surface area contributed by atoms with Gasteiger partial charge in [-0.1, -0.05) is 234 Å². The lowest BCUT2D eigenvalue weighted by atomic mass is 10.1. The summed E-state index contributed by atoms with van der Waals surface area (Å²) < 4.78 is 16.8. The second-order valence-electron chi connectivity index (χ2n) is 19.1. The largest absolute Gasteiger partial charge is 0.462 e. The maximum atomic E-state index is 12.9. The van der Waals surface area contributed by atoms with Crippen LogP contribution in [0.15, 0.2) is 97.2 Å². The highest BCUT2D eigenvalue weighted by Crippen LogP contribution is 2.15. The summed E-state index contributed by atoms with van der Waals surface area (Å²) in [6, 6.07) is 0. The number of esters is 3. The Morgan fingerprint density at radius 3 is 0.900 bits per heavy atom. The van der Waals surface area contributed by atoms with Gasteiger partial charge in [-0.05, 0) is 116 Å². The monoisotopic (exact) mass is 973 g/mol. The van der Waals surface area contributed by atoms with Crippen molar-refractivity contribution in [2.24, 2.45) is 0 Å². The quantitative estimate of drug-likeness (QED) is 0.0262. The van der Waals surface area contributed by atoms with E-state index in [9.17, 15) is 14.4 Å². The molecule has 0 aromatic carbocycles. The van der Waals surface area contributed by atoms with Gasteiger partial charge in [0.1, 0.15) is 13.2 Å². The highest BCUT2D eigenvalue weighted by molar-refractivity contribution is 5.71. The summed E-state index contributed by atoms with van der Waals surface area (Å²) in [5.74, 6) is -0.931. The fourth-order valence-corrected chi connectivity index (χ4v) is 7.97. The molecule has 0 radical (unpaired) electrons. The average Bonchev–Trinajstić information content (AvgIpc) is 3.36. The predicted molar refractivity (Wildman–Crippen MR) is 302 cm³/mol. The number of ether oxygens (including phenoxy) is 3. The van der Waals surface area contributed by atoms with E-state index < -0.39 is 6.10 Å². The first-order valence-corrected chi connectivity index (χ1v) is 29.2. The molecule has 1 unspecified atom stereocenters. The standard InChI is InChI=1S/C64H108O6/c1-4-7-10-13-16-19-22-25-27-29-31-32-33-35-36-39-42-45-48-51-54-57-63(66)69-60-61(59-68-62(65)56-53-50-47-44-41-38-24-21-18-15-12-9-6-3)70-64(67)58-55-52-49-46-43-40-37-34-30-28-26-23-20-17-14-11-8-5-2/h7,9-10,12,16,18-19,21,25,27-28,30-32,38,41,61H,4-6,8,11,13-15,17,20,22-24,26,29,33-37,39-40,42-60H2,1-3H3/b10-7-,12-9-,19-16-,21-18-,27-25-,30-28-,32-31-,41-38-. The number of carbonyl (C=O) groups excluding carboxylic acids is 3. The van der Waals surface area contributed by atoms with E-state index in [1.807, 2.05) is 0 Å². The van der Waals surface area contributed by atoms with E-state index in [2.05, 4.69) is 118 Å². The zero-order valence-electron chi connectivity index (χ0n) is 45.8. The van der Waals surface area contributed by atoms with Crippen LogP contribution in [0, 0.1) is 0 Å². The van der Waals surface area contributed by atoms with E-state index in [0.717, 1.165) is 116 Å². The lowest BCUT2D eigenvalue weighted by molar-refractivity contribution is -0.167. The third-order valence-corrected chi connectivity index (χ3v) is 12.3. The van der Waals surface area contributed by atoms with Crippen molar-refractivity contribution in [1.29, 1.82) is 0 Å². The van der Waals surface area contributed by atoms with Crippen molar-refractivity contribution in [3.05, 3.63) is 97.2 Å². The molecule has 6 heteroatoms. The Kier molecular flexibility index (Phi) is 54.9. The number of allylic oxidation sites excluding steroid dienone is 16. The van der Waals surface area contributed by atoms with Crippen molar-refractivity contribution < 1.29 is 28.6 Å². The van der Waals surface area contributed by atoms with Crippen LogP contribution in [0.25, 0.3) is 0 Å². The van der Waals surface area contributed by atoms with Gasteiger partial charge in [0.25, 0.3) is 0 Å². The van der Waals surface area contributed by atoms with Crippen LogP contribution in [-0.2, 0) is 28.6 Å². The molecule has 400 valence electrons. The molecule has 0 fully saturated rings. The van der Waals surface area contributed by atoms with Crippen LogP contribution in [0.4, 0.5) is 0 Å². The van der Waals surface area contributed by atoms with E-state index in [1.165, 1.54) is 116 Å². The van der Waals surface area contributed by atoms with Gasteiger partial charge in [-0.3, -0.25) is 14.4 Å². The van der Waals surface area contributed by atoms with Gasteiger partial charge in [0.15, 0.2) is 6.10 Å². The summed E-state index contributed by atoms with van der Waals surface area (Å²) in [5, 5.41) is 0. The molecule has 0 aliphatic rings. The van der Waals surface area contributed by atoms with E-state index >= 15 is 0 Å². The van der Waals surface area contributed by atoms with Crippen molar-refractivity contribution in [3.63, 3.8) is 0 Å². The van der Waals surface area contributed by atoms with Gasteiger partial charge >= 0.3 is 17.9 Å². The molecule has 0 rings (SSSR count). The summed E-state index contributed by atoms with van der Waals surface area (Å²) in [5.41, 5.74) is 0. The molecular weight excluding hydrogens is 865 g/mol.